The second-order valence-electron chi connectivity index (χ2n) is 8.06. The number of benzene rings is 1. The van der Waals surface area contributed by atoms with Gasteiger partial charge in [-0.05, 0) is 63.2 Å². The number of likely N-dealkylation sites (N-methyl/N-ethyl adjacent to an activating group) is 1. The molecule has 0 unspecified atom stereocenters. The predicted octanol–water partition coefficient (Wildman–Crippen LogP) is 3.39. The van der Waals surface area contributed by atoms with Gasteiger partial charge in [0.15, 0.2) is 0 Å². The summed E-state index contributed by atoms with van der Waals surface area (Å²) in [6, 6.07) is 12.4. The van der Waals surface area contributed by atoms with Crippen LogP contribution >= 0.6 is 0 Å². The average molecular weight is 410 g/mol. The van der Waals surface area contributed by atoms with Crippen LogP contribution in [0.4, 0.5) is 11.5 Å². The van der Waals surface area contributed by atoms with E-state index in [1.165, 1.54) is 0 Å². The van der Waals surface area contributed by atoms with E-state index < -0.39 is 0 Å². The molecule has 1 aromatic carbocycles. The standard InChI is InChI=1S/C24H35N5O/c1-5-27-13-15-28(16-14-27)23-12-7-20(17-25-23)18-26-24(30)21-8-10-22(11-9-21)29(6-2)19(3)4/h7-12,17,19H,5-6,13-16,18H2,1-4H3,(H,26,30). The molecule has 1 aliphatic heterocycles. The third kappa shape index (κ3) is 5.51. The number of aromatic nitrogens is 1. The highest BCUT2D eigenvalue weighted by Gasteiger charge is 2.16. The third-order valence-electron chi connectivity index (χ3n) is 5.83. The van der Waals surface area contributed by atoms with Crippen LogP contribution in [0.1, 0.15) is 43.6 Å². The van der Waals surface area contributed by atoms with Crippen molar-refractivity contribution < 1.29 is 4.79 Å². The van der Waals surface area contributed by atoms with Gasteiger partial charge in [-0.2, -0.15) is 0 Å². The van der Waals surface area contributed by atoms with Gasteiger partial charge in [0, 0.05) is 62.8 Å². The molecule has 1 N–H and O–H groups in total. The minimum absolute atomic E-state index is 0.0612. The number of pyridine rings is 1. The first-order valence-electron chi connectivity index (χ1n) is 11.1. The van der Waals surface area contributed by atoms with E-state index in [1.807, 2.05) is 30.5 Å². The van der Waals surface area contributed by atoms with Gasteiger partial charge in [0.05, 0.1) is 0 Å². The van der Waals surface area contributed by atoms with Crippen LogP contribution in [0, 0.1) is 0 Å². The van der Waals surface area contributed by atoms with Crippen molar-refractivity contribution in [3.05, 3.63) is 53.7 Å². The maximum absolute atomic E-state index is 12.5. The molecule has 30 heavy (non-hydrogen) atoms. The zero-order chi connectivity index (χ0) is 21.5. The second kappa shape index (κ2) is 10.4. The second-order valence-corrected chi connectivity index (χ2v) is 8.06. The number of rotatable bonds is 8. The fraction of sp³-hybridized carbons (Fsp3) is 0.500. The molecule has 0 atom stereocenters. The van der Waals surface area contributed by atoms with Gasteiger partial charge in [0.1, 0.15) is 5.82 Å². The van der Waals surface area contributed by atoms with Crippen LogP contribution in [-0.2, 0) is 6.54 Å². The zero-order valence-electron chi connectivity index (χ0n) is 18.8. The Labute approximate surface area is 180 Å². The number of carbonyl (C=O) groups is 1. The quantitative estimate of drug-likeness (QED) is 0.724. The molecule has 1 saturated heterocycles. The van der Waals surface area contributed by atoms with E-state index in [0.717, 1.165) is 56.3 Å². The molecular formula is C24H35N5O. The summed E-state index contributed by atoms with van der Waals surface area (Å²) in [4.78, 5) is 24.2. The van der Waals surface area contributed by atoms with Gasteiger partial charge in [0.2, 0.25) is 0 Å². The predicted molar refractivity (Wildman–Crippen MR) is 124 cm³/mol. The molecule has 1 aliphatic rings. The number of amides is 1. The summed E-state index contributed by atoms with van der Waals surface area (Å²) in [5.74, 6) is 0.955. The van der Waals surface area contributed by atoms with Crippen LogP contribution in [0.15, 0.2) is 42.6 Å². The van der Waals surface area contributed by atoms with E-state index in [4.69, 9.17) is 0 Å². The molecular weight excluding hydrogens is 374 g/mol. The SMILES string of the molecule is CCN1CCN(c2ccc(CNC(=O)c3ccc(N(CC)C(C)C)cc3)cn2)CC1. The van der Waals surface area contributed by atoms with Crippen molar-refractivity contribution in [3.63, 3.8) is 0 Å². The highest BCUT2D eigenvalue weighted by molar-refractivity contribution is 5.94. The molecule has 6 heteroatoms. The van der Waals surface area contributed by atoms with Crippen molar-refractivity contribution in [2.24, 2.45) is 0 Å². The minimum atomic E-state index is -0.0612. The Morgan fingerprint density at radius 3 is 2.30 bits per heavy atom. The van der Waals surface area contributed by atoms with Crippen LogP contribution in [-0.4, -0.2) is 61.1 Å². The number of anilines is 2. The van der Waals surface area contributed by atoms with Gasteiger partial charge in [-0.1, -0.05) is 13.0 Å². The van der Waals surface area contributed by atoms with Crippen molar-refractivity contribution in [1.29, 1.82) is 0 Å². The molecule has 1 fully saturated rings. The van der Waals surface area contributed by atoms with Gasteiger partial charge in [0.25, 0.3) is 5.91 Å². The maximum atomic E-state index is 12.5. The fourth-order valence-electron chi connectivity index (χ4n) is 3.94. The van der Waals surface area contributed by atoms with Gasteiger partial charge in [-0.3, -0.25) is 4.79 Å². The molecule has 1 aromatic heterocycles. The molecule has 2 heterocycles. The first-order valence-corrected chi connectivity index (χ1v) is 11.1. The van der Waals surface area contributed by atoms with Crippen LogP contribution in [0.25, 0.3) is 0 Å². The third-order valence-corrected chi connectivity index (χ3v) is 5.83. The van der Waals surface area contributed by atoms with E-state index in [1.54, 1.807) is 0 Å². The van der Waals surface area contributed by atoms with Crippen molar-refractivity contribution >= 4 is 17.4 Å². The number of piperazine rings is 1. The summed E-state index contributed by atoms with van der Waals surface area (Å²) in [6.45, 7) is 15.4. The maximum Gasteiger partial charge on any atom is 0.251 e. The zero-order valence-corrected chi connectivity index (χ0v) is 18.8. The number of hydrogen-bond donors (Lipinski definition) is 1. The molecule has 3 rings (SSSR count). The summed E-state index contributed by atoms with van der Waals surface area (Å²) in [5, 5.41) is 3.00. The number of nitrogens with one attached hydrogen (secondary N) is 1. The topological polar surface area (TPSA) is 51.7 Å². The number of nitrogens with zero attached hydrogens (tertiary/aromatic N) is 4. The lowest BCUT2D eigenvalue weighted by Crippen LogP contribution is -2.46. The largest absolute Gasteiger partial charge is 0.369 e. The van der Waals surface area contributed by atoms with E-state index in [2.05, 4.69) is 64.8 Å². The Kier molecular flexibility index (Phi) is 7.69. The molecule has 0 aliphatic carbocycles. The molecule has 2 aromatic rings. The van der Waals surface area contributed by atoms with E-state index >= 15 is 0 Å². The molecule has 0 bridgehead atoms. The molecule has 0 spiro atoms. The first-order chi connectivity index (χ1) is 14.5. The Bertz CT molecular complexity index is 795. The monoisotopic (exact) mass is 409 g/mol. The summed E-state index contributed by atoms with van der Waals surface area (Å²) in [6.07, 6.45) is 1.87. The summed E-state index contributed by atoms with van der Waals surface area (Å²) < 4.78 is 0. The summed E-state index contributed by atoms with van der Waals surface area (Å²) >= 11 is 0. The summed E-state index contributed by atoms with van der Waals surface area (Å²) in [7, 11) is 0. The summed E-state index contributed by atoms with van der Waals surface area (Å²) in [5.41, 5.74) is 2.83. The Morgan fingerprint density at radius 2 is 1.77 bits per heavy atom. The fourth-order valence-corrected chi connectivity index (χ4v) is 3.94. The smallest absolute Gasteiger partial charge is 0.251 e. The van der Waals surface area contributed by atoms with Crippen molar-refractivity contribution in [3.8, 4) is 0 Å². The molecule has 0 saturated carbocycles. The van der Waals surface area contributed by atoms with Crippen LogP contribution in [0.5, 0.6) is 0 Å². The highest BCUT2D eigenvalue weighted by Crippen LogP contribution is 2.18. The molecule has 162 valence electrons. The van der Waals surface area contributed by atoms with E-state index in [0.29, 0.717) is 18.2 Å². The highest BCUT2D eigenvalue weighted by atomic mass is 16.1. The van der Waals surface area contributed by atoms with Crippen LogP contribution in [0.2, 0.25) is 0 Å². The first kappa shape index (κ1) is 22.1. The Hall–Kier alpha value is -2.60. The van der Waals surface area contributed by atoms with Crippen molar-refractivity contribution in [1.82, 2.24) is 15.2 Å². The van der Waals surface area contributed by atoms with E-state index in [-0.39, 0.29) is 5.91 Å². The molecule has 0 radical (unpaired) electrons. The van der Waals surface area contributed by atoms with E-state index in [9.17, 15) is 4.79 Å². The number of carbonyl (C=O) groups excluding carboxylic acids is 1. The molecule has 6 nitrogen and oxygen atoms in total. The lowest BCUT2D eigenvalue weighted by atomic mass is 10.1. The van der Waals surface area contributed by atoms with Crippen molar-refractivity contribution in [2.45, 2.75) is 40.3 Å². The Balaban J connectivity index is 1.52. The van der Waals surface area contributed by atoms with Gasteiger partial charge >= 0.3 is 0 Å². The molecule has 1 amide bonds. The van der Waals surface area contributed by atoms with Crippen molar-refractivity contribution in [2.75, 3.05) is 49.1 Å². The Morgan fingerprint density at radius 1 is 1.07 bits per heavy atom. The lowest BCUT2D eigenvalue weighted by Gasteiger charge is -2.34. The van der Waals surface area contributed by atoms with Gasteiger partial charge in [-0.15, -0.1) is 0 Å². The average Bonchev–Trinajstić information content (AvgIpc) is 2.78. The van der Waals surface area contributed by atoms with Gasteiger partial charge < -0.3 is 20.0 Å². The van der Waals surface area contributed by atoms with Gasteiger partial charge in [-0.25, -0.2) is 4.98 Å². The van der Waals surface area contributed by atoms with Crippen LogP contribution < -0.4 is 15.1 Å². The minimum Gasteiger partial charge on any atom is -0.369 e. The number of hydrogen-bond acceptors (Lipinski definition) is 5. The lowest BCUT2D eigenvalue weighted by molar-refractivity contribution is 0.0951. The normalized spacial score (nSPS) is 14.8. The van der Waals surface area contributed by atoms with Crippen LogP contribution in [0.3, 0.4) is 0 Å².